The number of nitrogens with one attached hydrogen (secondary N) is 2. The fourth-order valence-electron chi connectivity index (χ4n) is 4.28. The van der Waals surface area contributed by atoms with Crippen molar-refractivity contribution in [3.8, 4) is 11.1 Å². The highest BCUT2D eigenvalue weighted by molar-refractivity contribution is 5.78. The second-order valence-corrected chi connectivity index (χ2v) is 8.83. The van der Waals surface area contributed by atoms with Gasteiger partial charge < -0.3 is 10.6 Å². The molecule has 5 rings (SSSR count). The maximum atomic E-state index is 13.6. The smallest absolute Gasteiger partial charge is 0.340 e. The van der Waals surface area contributed by atoms with E-state index in [4.69, 9.17) is 0 Å². The number of hydrogen-bond donors (Lipinski definition) is 2. The van der Waals surface area contributed by atoms with Crippen LogP contribution in [-0.4, -0.2) is 43.9 Å². The standard InChI is InChI=1S/C25H22F5N7/c1-36-12-17(10-32-36)22-11-31-24(34-21-8-18(26)7-19(27)9-21)35-23(22)33-20-3-2-15-4-5-37(13-16(15)6-20)14-25(28,29)30/h2-3,6-12H,4-5,13-14H2,1H3,(H2,31,33,34,35). The Hall–Kier alpha value is -4.06. The number of fused-ring (bicyclic) bond motifs is 1. The maximum Gasteiger partial charge on any atom is 0.401 e. The zero-order valence-corrected chi connectivity index (χ0v) is 19.7. The van der Waals surface area contributed by atoms with Crippen LogP contribution in [0.5, 0.6) is 0 Å². The van der Waals surface area contributed by atoms with Gasteiger partial charge in [-0.2, -0.15) is 23.3 Å². The minimum absolute atomic E-state index is 0.0921. The SMILES string of the molecule is Cn1cc(-c2cnc(Nc3cc(F)cc(F)c3)nc2Nc2ccc3c(c2)CN(CC(F)(F)F)CC3)cn1. The van der Waals surface area contributed by atoms with Crippen LogP contribution in [0.25, 0.3) is 11.1 Å². The first-order valence-electron chi connectivity index (χ1n) is 11.4. The molecule has 2 aromatic carbocycles. The van der Waals surface area contributed by atoms with E-state index in [-0.39, 0.29) is 18.2 Å². The third-order valence-electron chi connectivity index (χ3n) is 5.89. The van der Waals surface area contributed by atoms with Gasteiger partial charge in [-0.25, -0.2) is 13.8 Å². The first kappa shape index (κ1) is 24.6. The molecule has 1 aliphatic rings. The van der Waals surface area contributed by atoms with Crippen LogP contribution in [0.4, 0.5) is 45.1 Å². The summed E-state index contributed by atoms with van der Waals surface area (Å²) < 4.78 is 67.6. The maximum absolute atomic E-state index is 13.6. The monoisotopic (exact) mass is 515 g/mol. The number of nitrogens with zero attached hydrogens (tertiary/aromatic N) is 5. The highest BCUT2D eigenvalue weighted by Crippen LogP contribution is 2.32. The van der Waals surface area contributed by atoms with Gasteiger partial charge in [0.25, 0.3) is 0 Å². The number of anilines is 4. The van der Waals surface area contributed by atoms with Crippen molar-refractivity contribution in [2.75, 3.05) is 23.7 Å². The van der Waals surface area contributed by atoms with E-state index in [1.54, 1.807) is 30.3 Å². The Bertz CT molecular complexity index is 1410. The lowest BCUT2D eigenvalue weighted by atomic mass is 9.99. The summed E-state index contributed by atoms with van der Waals surface area (Å²) in [4.78, 5) is 10.2. The summed E-state index contributed by atoms with van der Waals surface area (Å²) in [6, 6.07) is 8.53. The van der Waals surface area contributed by atoms with E-state index < -0.39 is 24.4 Å². The predicted molar refractivity (Wildman–Crippen MR) is 129 cm³/mol. The summed E-state index contributed by atoms with van der Waals surface area (Å²) in [5.41, 5.74) is 3.89. The highest BCUT2D eigenvalue weighted by Gasteiger charge is 2.32. The van der Waals surface area contributed by atoms with E-state index in [0.717, 1.165) is 34.9 Å². The lowest BCUT2D eigenvalue weighted by molar-refractivity contribution is -0.147. The molecule has 4 aromatic rings. The quantitative estimate of drug-likeness (QED) is 0.328. The lowest BCUT2D eigenvalue weighted by Gasteiger charge is -2.29. The number of hydrogen-bond acceptors (Lipinski definition) is 6. The van der Waals surface area contributed by atoms with Crippen LogP contribution in [0, 0.1) is 11.6 Å². The van der Waals surface area contributed by atoms with Gasteiger partial charge in [-0.3, -0.25) is 9.58 Å². The van der Waals surface area contributed by atoms with E-state index in [0.29, 0.717) is 30.0 Å². The fourth-order valence-corrected chi connectivity index (χ4v) is 4.28. The van der Waals surface area contributed by atoms with Gasteiger partial charge in [0, 0.05) is 61.1 Å². The first-order valence-corrected chi connectivity index (χ1v) is 11.4. The van der Waals surface area contributed by atoms with Gasteiger partial charge in [-0.05, 0) is 41.8 Å². The van der Waals surface area contributed by atoms with Gasteiger partial charge in [-0.15, -0.1) is 0 Å². The van der Waals surface area contributed by atoms with Crippen molar-refractivity contribution in [2.45, 2.75) is 19.1 Å². The van der Waals surface area contributed by atoms with E-state index in [2.05, 4.69) is 25.7 Å². The van der Waals surface area contributed by atoms with Crippen LogP contribution >= 0.6 is 0 Å². The number of aromatic nitrogens is 4. The molecule has 1 aliphatic heterocycles. The topological polar surface area (TPSA) is 70.9 Å². The third kappa shape index (κ3) is 6.02. The Morgan fingerprint density at radius 2 is 1.73 bits per heavy atom. The molecule has 37 heavy (non-hydrogen) atoms. The summed E-state index contributed by atoms with van der Waals surface area (Å²) >= 11 is 0. The number of alkyl halides is 3. The van der Waals surface area contributed by atoms with Crippen molar-refractivity contribution in [1.29, 1.82) is 0 Å². The number of rotatable bonds is 6. The Kier molecular flexibility index (Phi) is 6.50. The largest absolute Gasteiger partial charge is 0.401 e. The molecule has 0 bridgehead atoms. The summed E-state index contributed by atoms with van der Waals surface area (Å²) in [6.45, 7) is -0.440. The molecule has 0 saturated carbocycles. The molecule has 12 heteroatoms. The van der Waals surface area contributed by atoms with Gasteiger partial charge in [-0.1, -0.05) is 6.07 Å². The molecular formula is C25H22F5N7. The van der Waals surface area contributed by atoms with Crippen LogP contribution in [-0.2, 0) is 20.0 Å². The Labute approximate surface area is 209 Å². The minimum atomic E-state index is -4.26. The molecule has 0 atom stereocenters. The molecule has 0 fully saturated rings. The summed E-state index contributed by atoms with van der Waals surface area (Å²) in [6.07, 6.45) is 1.23. The van der Waals surface area contributed by atoms with Gasteiger partial charge in [0.1, 0.15) is 17.5 Å². The van der Waals surface area contributed by atoms with Gasteiger partial charge in [0.05, 0.1) is 12.7 Å². The van der Waals surface area contributed by atoms with Crippen molar-refractivity contribution in [3.05, 3.63) is 77.8 Å². The summed E-state index contributed by atoms with van der Waals surface area (Å²) in [7, 11) is 1.77. The molecule has 0 saturated heterocycles. The van der Waals surface area contributed by atoms with E-state index in [1.807, 2.05) is 18.2 Å². The average molecular weight is 515 g/mol. The van der Waals surface area contributed by atoms with E-state index in [1.165, 1.54) is 4.90 Å². The zero-order valence-electron chi connectivity index (χ0n) is 19.7. The molecule has 0 spiro atoms. The Morgan fingerprint density at radius 1 is 0.946 bits per heavy atom. The third-order valence-corrected chi connectivity index (χ3v) is 5.89. The molecule has 0 amide bonds. The normalized spacial score (nSPS) is 13.9. The van der Waals surface area contributed by atoms with Crippen molar-refractivity contribution < 1.29 is 22.0 Å². The van der Waals surface area contributed by atoms with E-state index >= 15 is 0 Å². The van der Waals surface area contributed by atoms with Gasteiger partial charge in [0.15, 0.2) is 0 Å². The number of halogens is 5. The van der Waals surface area contributed by atoms with Crippen LogP contribution < -0.4 is 10.6 Å². The Balaban J connectivity index is 1.45. The fraction of sp³-hybridized carbons (Fsp3) is 0.240. The van der Waals surface area contributed by atoms with Crippen LogP contribution in [0.2, 0.25) is 0 Å². The number of aryl methyl sites for hydroxylation is 1. The lowest BCUT2D eigenvalue weighted by Crippen LogP contribution is -2.37. The van der Waals surface area contributed by atoms with Gasteiger partial charge >= 0.3 is 6.18 Å². The second kappa shape index (κ2) is 9.77. The summed E-state index contributed by atoms with van der Waals surface area (Å²) in [5.74, 6) is -1.03. The minimum Gasteiger partial charge on any atom is -0.340 e. The van der Waals surface area contributed by atoms with Crippen molar-refractivity contribution in [3.63, 3.8) is 0 Å². The van der Waals surface area contributed by atoms with Gasteiger partial charge in [0.2, 0.25) is 5.95 Å². The molecule has 2 N–H and O–H groups in total. The molecule has 2 aromatic heterocycles. The molecule has 7 nitrogen and oxygen atoms in total. The molecule has 192 valence electrons. The average Bonchev–Trinajstić information content (AvgIpc) is 3.23. The zero-order chi connectivity index (χ0) is 26.2. The van der Waals surface area contributed by atoms with Crippen molar-refractivity contribution in [1.82, 2.24) is 24.6 Å². The molecule has 3 heterocycles. The first-order chi connectivity index (χ1) is 17.6. The number of benzene rings is 2. The molecular weight excluding hydrogens is 493 g/mol. The highest BCUT2D eigenvalue weighted by atomic mass is 19.4. The molecule has 0 unspecified atom stereocenters. The van der Waals surface area contributed by atoms with Crippen LogP contribution in [0.1, 0.15) is 11.1 Å². The van der Waals surface area contributed by atoms with Crippen LogP contribution in [0.3, 0.4) is 0 Å². The van der Waals surface area contributed by atoms with E-state index in [9.17, 15) is 22.0 Å². The predicted octanol–water partition coefficient (Wildman–Crippen LogP) is 5.56. The Morgan fingerprint density at radius 3 is 2.43 bits per heavy atom. The van der Waals surface area contributed by atoms with Crippen LogP contribution in [0.15, 0.2) is 55.0 Å². The molecule has 0 radical (unpaired) electrons. The van der Waals surface area contributed by atoms with Crippen molar-refractivity contribution >= 4 is 23.1 Å². The molecule has 0 aliphatic carbocycles. The van der Waals surface area contributed by atoms with Crippen molar-refractivity contribution in [2.24, 2.45) is 7.05 Å². The second-order valence-electron chi connectivity index (χ2n) is 8.83. The summed E-state index contributed by atoms with van der Waals surface area (Å²) in [5, 5.41) is 10.2.